The fourth-order valence-electron chi connectivity index (χ4n) is 7.08. The Labute approximate surface area is 283 Å². The van der Waals surface area contributed by atoms with Crippen molar-refractivity contribution in [2.45, 2.75) is 98.0 Å². The van der Waals surface area contributed by atoms with Gasteiger partial charge in [0.05, 0.1) is 36.6 Å². The van der Waals surface area contributed by atoms with E-state index >= 15 is 0 Å². The highest BCUT2D eigenvalue weighted by Gasteiger charge is 2.34. The van der Waals surface area contributed by atoms with Gasteiger partial charge in [0.1, 0.15) is 23.0 Å². The van der Waals surface area contributed by atoms with Gasteiger partial charge >= 0.3 is 0 Å². The first-order valence-electron chi connectivity index (χ1n) is 16.6. The molecule has 0 saturated carbocycles. The summed E-state index contributed by atoms with van der Waals surface area (Å²) >= 11 is 8.80. The Bertz CT molecular complexity index is 1030. The minimum Gasteiger partial charge on any atom is -0.496 e. The van der Waals surface area contributed by atoms with Crippen molar-refractivity contribution < 1.29 is 18.9 Å². The lowest BCUT2D eigenvalue weighted by molar-refractivity contribution is 0.392. The minimum atomic E-state index is 0.287. The largest absolute Gasteiger partial charge is 0.496 e. The molecule has 2 saturated heterocycles. The van der Waals surface area contributed by atoms with Crippen molar-refractivity contribution in [2.75, 3.05) is 51.5 Å². The number of rotatable bonds is 4. The van der Waals surface area contributed by atoms with Crippen molar-refractivity contribution in [1.29, 1.82) is 0 Å². The van der Waals surface area contributed by atoms with Gasteiger partial charge in [0.25, 0.3) is 0 Å². The molecule has 2 fully saturated rings. The number of benzene rings is 2. The fourth-order valence-corrected chi connectivity index (χ4v) is 14.1. The van der Waals surface area contributed by atoms with Crippen molar-refractivity contribution >= 4 is 47.0 Å². The molecule has 244 valence electrons. The Balaban J connectivity index is 1.43. The summed E-state index contributed by atoms with van der Waals surface area (Å²) < 4.78 is 24.5. The predicted molar refractivity (Wildman–Crippen MR) is 195 cm³/mol. The van der Waals surface area contributed by atoms with E-state index in [4.69, 9.17) is 18.9 Å². The summed E-state index contributed by atoms with van der Waals surface area (Å²) in [5.41, 5.74) is 5.12. The number of methoxy groups -OCH3 is 4. The Kier molecular flexibility index (Phi) is 13.1. The van der Waals surface area contributed by atoms with Crippen LogP contribution in [0.3, 0.4) is 0 Å². The van der Waals surface area contributed by atoms with Crippen molar-refractivity contribution in [3.05, 3.63) is 46.5 Å². The topological polar surface area (TPSA) is 36.9 Å². The van der Waals surface area contributed by atoms with E-state index in [2.05, 4.69) is 71.3 Å². The van der Waals surface area contributed by atoms with Crippen LogP contribution in [-0.4, -0.2) is 59.6 Å². The molecule has 4 aliphatic carbocycles. The van der Waals surface area contributed by atoms with E-state index in [1.165, 1.54) is 83.8 Å². The van der Waals surface area contributed by atoms with Gasteiger partial charge in [-0.1, -0.05) is 0 Å². The van der Waals surface area contributed by atoms with Crippen molar-refractivity contribution in [3.8, 4) is 23.0 Å². The molecule has 0 N–H and O–H groups in total. The van der Waals surface area contributed by atoms with Crippen LogP contribution in [0.15, 0.2) is 24.3 Å². The third-order valence-electron chi connectivity index (χ3n) is 9.42. The van der Waals surface area contributed by atoms with E-state index in [1.54, 1.807) is 0 Å². The molecule has 2 aromatic carbocycles. The van der Waals surface area contributed by atoms with Crippen LogP contribution in [0.4, 0.5) is 0 Å². The highest BCUT2D eigenvalue weighted by molar-refractivity contribution is 8.19. The van der Waals surface area contributed by atoms with E-state index in [-0.39, 0.29) is 8.16 Å². The van der Waals surface area contributed by atoms with E-state index in [9.17, 15) is 0 Å². The highest BCUT2D eigenvalue weighted by atomic mass is 32.2. The molecule has 0 amide bonds. The first-order chi connectivity index (χ1) is 21.5. The summed E-state index contributed by atoms with van der Waals surface area (Å²) in [6.07, 6.45) is 16.2. The normalized spacial score (nSPS) is 21.4. The molecule has 8 heteroatoms. The Hall–Kier alpha value is -0.960. The molecule has 6 aliphatic rings. The summed E-state index contributed by atoms with van der Waals surface area (Å²) in [6, 6.07) is 9.10. The van der Waals surface area contributed by atoms with Crippen LogP contribution in [0.1, 0.15) is 86.5 Å². The number of hydrogen-bond acceptors (Lipinski definition) is 8. The van der Waals surface area contributed by atoms with Gasteiger partial charge in [0.15, 0.2) is 0 Å². The van der Waals surface area contributed by atoms with Crippen molar-refractivity contribution in [2.24, 2.45) is 0 Å². The smallest absolute Gasteiger partial charge is 0.122 e. The molecular formula is C36H52O4S4. The van der Waals surface area contributed by atoms with E-state index in [0.29, 0.717) is 0 Å². The molecule has 2 aliphatic heterocycles. The number of thioether (sulfide) groups is 4. The van der Waals surface area contributed by atoms with E-state index in [1.807, 2.05) is 28.4 Å². The molecule has 2 heterocycles. The lowest BCUT2D eigenvalue weighted by atomic mass is 9.96. The molecule has 0 radical (unpaired) electrons. The lowest BCUT2D eigenvalue weighted by Crippen LogP contribution is -2.26. The third kappa shape index (κ3) is 8.68. The number of aryl methyl sites for hydroxylation is 4. The molecular weight excluding hydrogens is 625 g/mol. The molecule has 0 aromatic heterocycles. The zero-order chi connectivity index (χ0) is 30.8. The van der Waals surface area contributed by atoms with Crippen LogP contribution in [0, 0.1) is 0 Å². The zero-order valence-electron chi connectivity index (χ0n) is 27.3. The Morgan fingerprint density at radius 1 is 0.409 bits per heavy atom. The second-order valence-corrected chi connectivity index (χ2v) is 18.7. The van der Waals surface area contributed by atoms with Crippen LogP contribution in [0.25, 0.3) is 0 Å². The standard InChI is InChI=1S/C36H52O4S4/c1-37-31-23-28-12-6-16-36(43-21-10-22-44-36)18-8-14-30-26-33(39-3)29(25-34(30)40-4)13-7-17-35(41-19-9-20-42-35)15-5-11-27(31)24-32(28)38-2/h23-26H,5-22H2,1-4H3. The number of hydrogen-bond donors (Lipinski definition) is 0. The quantitative estimate of drug-likeness (QED) is 0.317. The molecule has 44 heavy (non-hydrogen) atoms. The maximum Gasteiger partial charge on any atom is 0.122 e. The zero-order valence-corrected chi connectivity index (χ0v) is 30.6. The second kappa shape index (κ2) is 16.7. The summed E-state index contributed by atoms with van der Waals surface area (Å²) in [5.74, 6) is 9.18. The monoisotopic (exact) mass is 676 g/mol. The van der Waals surface area contributed by atoms with Gasteiger partial charge in [-0.15, -0.1) is 47.0 Å². The minimum absolute atomic E-state index is 0.287. The summed E-state index contributed by atoms with van der Waals surface area (Å²) in [5, 5.41) is 0. The lowest BCUT2D eigenvalue weighted by Gasteiger charge is -2.37. The first-order valence-corrected chi connectivity index (χ1v) is 20.5. The predicted octanol–water partition coefficient (Wildman–Crippen LogP) is 9.86. The molecule has 2 aromatic rings. The first kappa shape index (κ1) is 34.4. The van der Waals surface area contributed by atoms with Gasteiger partial charge < -0.3 is 18.9 Å². The third-order valence-corrected chi connectivity index (χ3v) is 16.5. The van der Waals surface area contributed by atoms with Crippen LogP contribution in [0.2, 0.25) is 0 Å². The van der Waals surface area contributed by atoms with Crippen LogP contribution >= 0.6 is 47.0 Å². The highest BCUT2D eigenvalue weighted by Crippen LogP contribution is 2.51. The van der Waals surface area contributed by atoms with E-state index < -0.39 is 0 Å². The summed E-state index contributed by atoms with van der Waals surface area (Å²) in [6.45, 7) is 0. The second-order valence-electron chi connectivity index (χ2n) is 12.3. The van der Waals surface area contributed by atoms with Crippen molar-refractivity contribution in [3.63, 3.8) is 0 Å². The average Bonchev–Trinajstić information content (AvgIpc) is 3.05. The fraction of sp³-hybridized carbons (Fsp3) is 0.667. The molecule has 4 nitrogen and oxygen atoms in total. The van der Waals surface area contributed by atoms with Crippen molar-refractivity contribution in [1.82, 2.24) is 0 Å². The SMILES string of the molecule is COc1cc2c(OC)cc1CCCC1(CCCc3cc(OC)c(cc3OC)CCCC3(CCC2)SCCCS3)SCCCS1. The molecule has 0 atom stereocenters. The summed E-state index contributed by atoms with van der Waals surface area (Å²) in [7, 11) is 7.31. The molecule has 0 unspecified atom stereocenters. The average molecular weight is 677 g/mol. The van der Waals surface area contributed by atoms with Gasteiger partial charge in [-0.2, -0.15) is 0 Å². The van der Waals surface area contributed by atoms with Crippen LogP contribution in [-0.2, 0) is 25.7 Å². The molecule has 2 spiro atoms. The summed E-state index contributed by atoms with van der Waals surface area (Å²) in [4.78, 5) is 0. The van der Waals surface area contributed by atoms with Gasteiger partial charge in [0.2, 0.25) is 0 Å². The maximum atomic E-state index is 5.98. The van der Waals surface area contributed by atoms with Gasteiger partial charge in [-0.25, -0.2) is 0 Å². The van der Waals surface area contributed by atoms with Gasteiger partial charge in [-0.05, 0) is 159 Å². The van der Waals surface area contributed by atoms with Crippen LogP contribution in [0.5, 0.6) is 23.0 Å². The Morgan fingerprint density at radius 3 is 0.886 bits per heavy atom. The number of ether oxygens (including phenoxy) is 4. The van der Waals surface area contributed by atoms with E-state index in [0.717, 1.165) is 74.4 Å². The van der Waals surface area contributed by atoms with Gasteiger partial charge in [-0.3, -0.25) is 0 Å². The maximum absolute atomic E-state index is 5.98. The van der Waals surface area contributed by atoms with Crippen LogP contribution < -0.4 is 18.9 Å². The van der Waals surface area contributed by atoms with Gasteiger partial charge in [0, 0.05) is 0 Å². The Morgan fingerprint density at radius 2 is 0.659 bits per heavy atom. The molecule has 4 bridgehead atoms. The molecule has 8 rings (SSSR count).